The Hall–Kier alpha value is -0.750. The summed E-state index contributed by atoms with van der Waals surface area (Å²) in [6.45, 7) is 0.484. The number of carbonyl (C=O) groups is 2. The SMILES string of the molecule is O=C(NC1(C(=O)CCl)CCOCC1)C(F)F. The smallest absolute Gasteiger partial charge is 0.315 e. The number of alkyl halides is 3. The molecule has 1 heterocycles. The van der Waals surface area contributed by atoms with Gasteiger partial charge in [0.15, 0.2) is 5.78 Å². The minimum atomic E-state index is -3.14. The summed E-state index contributed by atoms with van der Waals surface area (Å²) < 4.78 is 29.3. The minimum Gasteiger partial charge on any atom is -0.381 e. The number of rotatable bonds is 4. The van der Waals surface area contributed by atoms with Crippen LogP contribution in [0.5, 0.6) is 0 Å². The van der Waals surface area contributed by atoms with Crippen LogP contribution < -0.4 is 5.32 Å². The van der Waals surface area contributed by atoms with Gasteiger partial charge in [0, 0.05) is 26.1 Å². The minimum absolute atomic E-state index is 0.178. The summed E-state index contributed by atoms with van der Waals surface area (Å²) in [5.74, 6) is -2.21. The van der Waals surface area contributed by atoms with Crippen LogP contribution in [0.25, 0.3) is 0 Å². The first kappa shape index (κ1) is 13.3. The number of halogens is 3. The lowest BCUT2D eigenvalue weighted by atomic mass is 9.86. The van der Waals surface area contributed by atoms with E-state index in [0.29, 0.717) is 0 Å². The average Bonchev–Trinajstić information content (AvgIpc) is 2.29. The predicted molar refractivity (Wildman–Crippen MR) is 52.7 cm³/mol. The quantitative estimate of drug-likeness (QED) is 0.754. The third kappa shape index (κ3) is 2.89. The number of nitrogens with one attached hydrogen (secondary N) is 1. The monoisotopic (exact) mass is 255 g/mol. The number of hydrogen-bond donors (Lipinski definition) is 1. The molecule has 0 spiro atoms. The molecule has 16 heavy (non-hydrogen) atoms. The van der Waals surface area contributed by atoms with Gasteiger partial charge in [0.25, 0.3) is 5.91 Å². The van der Waals surface area contributed by atoms with Crippen molar-refractivity contribution in [3.8, 4) is 0 Å². The molecule has 1 N–H and O–H groups in total. The molecule has 1 aliphatic heterocycles. The summed E-state index contributed by atoms with van der Waals surface area (Å²) in [6.07, 6.45) is -2.78. The topological polar surface area (TPSA) is 55.4 Å². The van der Waals surface area contributed by atoms with Crippen LogP contribution in [0.2, 0.25) is 0 Å². The molecule has 92 valence electrons. The maximum Gasteiger partial charge on any atom is 0.315 e. The summed E-state index contributed by atoms with van der Waals surface area (Å²) in [4.78, 5) is 22.5. The fraction of sp³-hybridized carbons (Fsp3) is 0.778. The van der Waals surface area contributed by atoms with Crippen molar-refractivity contribution in [2.24, 2.45) is 0 Å². The van der Waals surface area contributed by atoms with Gasteiger partial charge in [0.1, 0.15) is 5.54 Å². The van der Waals surface area contributed by atoms with Crippen molar-refractivity contribution in [2.45, 2.75) is 24.8 Å². The Morgan fingerprint density at radius 1 is 1.38 bits per heavy atom. The van der Waals surface area contributed by atoms with Gasteiger partial charge < -0.3 is 10.1 Å². The molecule has 0 saturated carbocycles. The number of ketones is 1. The van der Waals surface area contributed by atoms with Gasteiger partial charge >= 0.3 is 6.43 Å². The van der Waals surface area contributed by atoms with E-state index >= 15 is 0 Å². The summed E-state index contributed by atoms with van der Waals surface area (Å²) in [5.41, 5.74) is -1.28. The predicted octanol–water partition coefficient (Wildman–Crippen LogP) is 0.725. The molecule has 1 rings (SSSR count). The summed E-state index contributed by atoms with van der Waals surface area (Å²) >= 11 is 5.41. The molecular weight excluding hydrogens is 244 g/mol. The van der Waals surface area contributed by atoms with Crippen LogP contribution in [-0.4, -0.2) is 42.7 Å². The lowest BCUT2D eigenvalue weighted by molar-refractivity contribution is -0.140. The van der Waals surface area contributed by atoms with E-state index in [1.54, 1.807) is 0 Å². The van der Waals surface area contributed by atoms with Crippen molar-refractivity contribution in [1.82, 2.24) is 5.32 Å². The zero-order chi connectivity index (χ0) is 12.2. The number of ether oxygens (including phenoxy) is 1. The summed E-state index contributed by atoms with van der Waals surface area (Å²) in [7, 11) is 0. The lowest BCUT2D eigenvalue weighted by Gasteiger charge is -2.35. The Labute approximate surface area is 96.3 Å². The van der Waals surface area contributed by atoms with Gasteiger partial charge in [0.2, 0.25) is 0 Å². The summed E-state index contributed by atoms with van der Waals surface area (Å²) in [5, 5.41) is 2.08. The number of Topliss-reactive ketones (excluding diaryl/α,β-unsaturated/α-hetero) is 1. The van der Waals surface area contributed by atoms with Crippen LogP contribution in [0.1, 0.15) is 12.8 Å². The molecule has 7 heteroatoms. The fourth-order valence-electron chi connectivity index (χ4n) is 1.61. The molecule has 1 fully saturated rings. The maximum absolute atomic E-state index is 12.1. The average molecular weight is 256 g/mol. The molecule has 0 aromatic carbocycles. The van der Waals surface area contributed by atoms with Crippen molar-refractivity contribution < 1.29 is 23.1 Å². The van der Waals surface area contributed by atoms with E-state index in [0.717, 1.165) is 0 Å². The highest BCUT2D eigenvalue weighted by molar-refractivity contribution is 6.29. The second-order valence-corrected chi connectivity index (χ2v) is 3.81. The Morgan fingerprint density at radius 3 is 2.38 bits per heavy atom. The van der Waals surface area contributed by atoms with Crippen molar-refractivity contribution in [2.75, 3.05) is 19.1 Å². The highest BCUT2D eigenvalue weighted by Crippen LogP contribution is 2.23. The van der Waals surface area contributed by atoms with Crippen LogP contribution in [0.15, 0.2) is 0 Å². The Balaban J connectivity index is 2.78. The van der Waals surface area contributed by atoms with Crippen LogP contribution >= 0.6 is 11.6 Å². The van der Waals surface area contributed by atoms with Gasteiger partial charge in [-0.3, -0.25) is 9.59 Å². The molecule has 1 aliphatic rings. The van der Waals surface area contributed by atoms with Crippen LogP contribution in [0.4, 0.5) is 8.78 Å². The second-order valence-electron chi connectivity index (χ2n) is 3.54. The van der Waals surface area contributed by atoms with Crippen LogP contribution in [0.3, 0.4) is 0 Å². The molecule has 0 radical (unpaired) electrons. The molecule has 0 atom stereocenters. The Bertz CT molecular complexity index is 280. The second kappa shape index (κ2) is 5.54. The molecule has 1 saturated heterocycles. The molecule has 1 amide bonds. The normalized spacial score (nSPS) is 19.5. The third-order valence-corrected chi connectivity index (χ3v) is 2.80. The van der Waals surface area contributed by atoms with E-state index in [4.69, 9.17) is 16.3 Å². The molecule has 0 aromatic heterocycles. The van der Waals surface area contributed by atoms with E-state index in [2.05, 4.69) is 5.32 Å². The van der Waals surface area contributed by atoms with Crippen molar-refractivity contribution in [3.05, 3.63) is 0 Å². The van der Waals surface area contributed by atoms with E-state index in [9.17, 15) is 18.4 Å². The Morgan fingerprint density at radius 2 is 1.94 bits per heavy atom. The molecular formula is C9H12ClF2NO3. The molecule has 4 nitrogen and oxygen atoms in total. The van der Waals surface area contributed by atoms with Gasteiger partial charge in [-0.25, -0.2) is 0 Å². The number of carbonyl (C=O) groups excluding carboxylic acids is 2. The van der Waals surface area contributed by atoms with Crippen LogP contribution in [-0.2, 0) is 14.3 Å². The zero-order valence-corrected chi connectivity index (χ0v) is 9.23. The lowest BCUT2D eigenvalue weighted by Crippen LogP contribution is -2.59. The molecule has 0 aliphatic carbocycles. The third-order valence-electron chi connectivity index (χ3n) is 2.56. The van der Waals surface area contributed by atoms with Gasteiger partial charge in [-0.1, -0.05) is 0 Å². The van der Waals surface area contributed by atoms with E-state index in [1.165, 1.54) is 0 Å². The molecule has 0 aromatic rings. The van der Waals surface area contributed by atoms with Crippen molar-refractivity contribution in [1.29, 1.82) is 0 Å². The standard InChI is InChI=1S/C9H12ClF2NO3/c10-5-6(14)9(1-3-16-4-2-9)13-8(15)7(11)12/h7H,1-5H2,(H,13,15). The van der Waals surface area contributed by atoms with Gasteiger partial charge in [0.05, 0.1) is 5.88 Å². The highest BCUT2D eigenvalue weighted by atomic mass is 35.5. The largest absolute Gasteiger partial charge is 0.381 e. The van der Waals surface area contributed by atoms with E-state index in [1.807, 2.05) is 0 Å². The summed E-state index contributed by atoms with van der Waals surface area (Å²) in [6, 6.07) is 0. The maximum atomic E-state index is 12.1. The fourth-order valence-corrected chi connectivity index (χ4v) is 1.87. The van der Waals surface area contributed by atoms with E-state index < -0.39 is 23.7 Å². The van der Waals surface area contributed by atoms with Crippen LogP contribution in [0, 0.1) is 0 Å². The van der Waals surface area contributed by atoms with Crippen molar-refractivity contribution in [3.63, 3.8) is 0 Å². The first-order valence-electron chi connectivity index (χ1n) is 4.79. The highest BCUT2D eigenvalue weighted by Gasteiger charge is 2.41. The first-order valence-corrected chi connectivity index (χ1v) is 5.32. The first-order chi connectivity index (χ1) is 7.52. The number of hydrogen-bond acceptors (Lipinski definition) is 3. The van der Waals surface area contributed by atoms with Gasteiger partial charge in [-0.2, -0.15) is 8.78 Å². The van der Waals surface area contributed by atoms with Gasteiger partial charge in [-0.15, -0.1) is 11.6 Å². The van der Waals surface area contributed by atoms with Crippen molar-refractivity contribution >= 4 is 23.3 Å². The van der Waals surface area contributed by atoms with E-state index in [-0.39, 0.29) is 31.9 Å². The van der Waals surface area contributed by atoms with Gasteiger partial charge in [-0.05, 0) is 0 Å². The molecule has 0 bridgehead atoms. The Kier molecular flexibility index (Phi) is 4.61. The zero-order valence-electron chi connectivity index (χ0n) is 8.47. The number of amides is 1. The molecule has 0 unspecified atom stereocenters.